The minimum atomic E-state index is -4.92. The Labute approximate surface area is 103 Å². The summed E-state index contributed by atoms with van der Waals surface area (Å²) in [6.07, 6.45) is 0. The number of fused-ring (bicyclic) bond motifs is 1. The predicted molar refractivity (Wildman–Crippen MR) is 50.2 cm³/mol. The van der Waals surface area contributed by atoms with Gasteiger partial charge in [-0.25, -0.2) is 8.78 Å². The summed E-state index contributed by atoms with van der Waals surface area (Å²) in [4.78, 5) is 0. The lowest BCUT2D eigenvalue weighted by atomic mass is 10.2. The van der Waals surface area contributed by atoms with E-state index in [4.69, 9.17) is 0 Å². The monoisotopic (exact) mass is 322 g/mol. The molecule has 1 aliphatic heterocycles. The third kappa shape index (κ3) is 2.32. The summed E-state index contributed by atoms with van der Waals surface area (Å²) in [5, 5.41) is -1.77. The molecule has 0 N–H and O–H groups in total. The third-order valence-corrected chi connectivity index (χ3v) is 5.04. The first-order valence-electron chi connectivity index (χ1n) is 4.24. The predicted octanol–water partition coefficient (Wildman–Crippen LogP) is 0.631. The fourth-order valence-electron chi connectivity index (χ4n) is 1.22. The van der Waals surface area contributed by atoms with Crippen molar-refractivity contribution < 1.29 is 42.8 Å². The number of halogens is 4. The molecular weight excluding hydrogens is 320 g/mol. The molecular formula is C7H2F4O6S2. The molecule has 1 heterocycles. The van der Waals surface area contributed by atoms with Crippen LogP contribution in [0.3, 0.4) is 0 Å². The van der Waals surface area contributed by atoms with E-state index in [1.807, 2.05) is 0 Å². The maximum atomic E-state index is 13.3. The van der Waals surface area contributed by atoms with Crippen LogP contribution < -0.4 is 8.37 Å². The zero-order valence-corrected chi connectivity index (χ0v) is 10.1. The zero-order chi connectivity index (χ0) is 14.6. The van der Waals surface area contributed by atoms with E-state index in [9.17, 15) is 34.4 Å². The van der Waals surface area contributed by atoms with E-state index < -0.39 is 60.1 Å². The highest BCUT2D eigenvalue weighted by atomic mass is 32.3. The van der Waals surface area contributed by atoms with Gasteiger partial charge < -0.3 is 8.37 Å². The van der Waals surface area contributed by atoms with Gasteiger partial charge in [-0.05, 0) is 0 Å². The Balaban J connectivity index is 2.87. The molecule has 0 fully saturated rings. The summed E-state index contributed by atoms with van der Waals surface area (Å²) in [6, 6.07) is 0. The Morgan fingerprint density at radius 1 is 0.684 bits per heavy atom. The van der Waals surface area contributed by atoms with E-state index >= 15 is 0 Å². The van der Waals surface area contributed by atoms with E-state index in [2.05, 4.69) is 8.37 Å². The molecule has 0 atom stereocenters. The highest BCUT2D eigenvalue weighted by Gasteiger charge is 2.39. The SMILES string of the molecule is O=S1(=O)CS(=O)(=O)Oc2c(F)c(F)c(F)c(F)c2O1. The molecule has 6 nitrogen and oxygen atoms in total. The van der Waals surface area contributed by atoms with Crippen LogP contribution in [0.4, 0.5) is 17.6 Å². The lowest BCUT2D eigenvalue weighted by molar-refractivity contribution is 0.362. The third-order valence-electron chi connectivity index (χ3n) is 1.89. The van der Waals surface area contributed by atoms with Crippen molar-refractivity contribution in [1.29, 1.82) is 0 Å². The summed E-state index contributed by atoms with van der Waals surface area (Å²) < 4.78 is 105. The second-order valence-corrected chi connectivity index (χ2v) is 6.82. The molecule has 1 aliphatic rings. The van der Waals surface area contributed by atoms with Crippen LogP contribution in [0.2, 0.25) is 0 Å². The Hall–Kier alpha value is -1.56. The average molecular weight is 322 g/mol. The first-order chi connectivity index (χ1) is 8.54. The maximum absolute atomic E-state index is 13.3. The molecule has 0 amide bonds. The van der Waals surface area contributed by atoms with Gasteiger partial charge in [0.1, 0.15) is 0 Å². The van der Waals surface area contributed by atoms with Gasteiger partial charge >= 0.3 is 20.2 Å². The van der Waals surface area contributed by atoms with Gasteiger partial charge in [0.2, 0.25) is 39.9 Å². The second-order valence-electron chi connectivity index (χ2n) is 3.31. The maximum Gasteiger partial charge on any atom is 0.327 e. The van der Waals surface area contributed by atoms with E-state index in [0.29, 0.717) is 0 Å². The Bertz CT molecular complexity index is 705. The molecule has 0 bridgehead atoms. The van der Waals surface area contributed by atoms with Crippen molar-refractivity contribution in [3.63, 3.8) is 0 Å². The first-order valence-corrected chi connectivity index (χ1v) is 7.40. The van der Waals surface area contributed by atoms with Crippen molar-refractivity contribution in [3.8, 4) is 11.5 Å². The second kappa shape index (κ2) is 3.96. The molecule has 12 heteroatoms. The normalized spacial score (nSPS) is 19.8. The van der Waals surface area contributed by atoms with Gasteiger partial charge in [0.05, 0.1) is 0 Å². The van der Waals surface area contributed by atoms with Crippen LogP contribution in [0, 0.1) is 23.3 Å². The van der Waals surface area contributed by atoms with Gasteiger partial charge in [-0.15, -0.1) is 0 Å². The number of benzene rings is 1. The Morgan fingerprint density at radius 2 is 1.00 bits per heavy atom. The van der Waals surface area contributed by atoms with E-state index in [0.717, 1.165) is 0 Å². The Kier molecular flexibility index (Phi) is 2.89. The standard InChI is InChI=1S/C7H2F4O6S2/c8-2-3(9)5(11)7-6(4(2)10)16-18(12,13)1-19(14,15)17-7/h1H2. The smallest absolute Gasteiger partial charge is 0.327 e. The van der Waals surface area contributed by atoms with Crippen molar-refractivity contribution in [2.75, 3.05) is 5.08 Å². The molecule has 0 unspecified atom stereocenters. The van der Waals surface area contributed by atoms with Crippen LogP contribution in [0.25, 0.3) is 0 Å². The molecule has 0 spiro atoms. The van der Waals surface area contributed by atoms with Crippen LogP contribution in [0.1, 0.15) is 0 Å². The van der Waals surface area contributed by atoms with Crippen molar-refractivity contribution in [2.45, 2.75) is 0 Å². The van der Waals surface area contributed by atoms with E-state index in [1.165, 1.54) is 0 Å². The fourth-order valence-corrected chi connectivity index (χ4v) is 3.82. The van der Waals surface area contributed by atoms with Gasteiger partial charge in [0.15, 0.2) is 0 Å². The topological polar surface area (TPSA) is 86.7 Å². The number of hydrogen-bond acceptors (Lipinski definition) is 6. The number of hydrogen-bond donors (Lipinski definition) is 0. The molecule has 1 aromatic carbocycles. The molecule has 0 aromatic heterocycles. The van der Waals surface area contributed by atoms with Crippen LogP contribution in [0.5, 0.6) is 11.5 Å². The van der Waals surface area contributed by atoms with Crippen LogP contribution in [-0.2, 0) is 20.2 Å². The summed E-state index contributed by atoms with van der Waals surface area (Å²) in [5.74, 6) is -12.6. The molecule has 19 heavy (non-hydrogen) atoms. The van der Waals surface area contributed by atoms with Crippen molar-refractivity contribution in [3.05, 3.63) is 23.3 Å². The molecule has 106 valence electrons. The molecule has 0 saturated heterocycles. The highest BCUT2D eigenvalue weighted by Crippen LogP contribution is 2.40. The van der Waals surface area contributed by atoms with Gasteiger partial charge in [-0.2, -0.15) is 25.6 Å². The summed E-state index contributed by atoms with van der Waals surface area (Å²) in [7, 11) is -9.84. The van der Waals surface area contributed by atoms with Crippen molar-refractivity contribution in [2.24, 2.45) is 0 Å². The molecule has 0 saturated carbocycles. The molecule has 0 radical (unpaired) electrons. The fraction of sp³-hybridized carbons (Fsp3) is 0.143. The van der Waals surface area contributed by atoms with Gasteiger partial charge in [-0.3, -0.25) is 0 Å². The highest BCUT2D eigenvalue weighted by molar-refractivity contribution is 8.04. The molecule has 0 aliphatic carbocycles. The van der Waals surface area contributed by atoms with E-state index in [-0.39, 0.29) is 0 Å². The van der Waals surface area contributed by atoms with Gasteiger partial charge in [-0.1, -0.05) is 0 Å². The quantitative estimate of drug-likeness (QED) is 0.301. The lowest BCUT2D eigenvalue weighted by Crippen LogP contribution is -2.21. The van der Waals surface area contributed by atoms with Crippen LogP contribution in [0.15, 0.2) is 0 Å². The van der Waals surface area contributed by atoms with Crippen LogP contribution >= 0.6 is 0 Å². The first kappa shape index (κ1) is 13.9. The summed E-state index contributed by atoms with van der Waals surface area (Å²) in [5.41, 5.74) is 0. The van der Waals surface area contributed by atoms with Gasteiger partial charge in [0, 0.05) is 0 Å². The number of rotatable bonds is 0. The van der Waals surface area contributed by atoms with Crippen LogP contribution in [-0.4, -0.2) is 21.9 Å². The largest absolute Gasteiger partial charge is 0.374 e. The Morgan fingerprint density at radius 3 is 1.32 bits per heavy atom. The summed E-state index contributed by atoms with van der Waals surface area (Å²) >= 11 is 0. The zero-order valence-electron chi connectivity index (χ0n) is 8.48. The minimum absolute atomic E-state index is 1.70. The van der Waals surface area contributed by atoms with E-state index in [1.54, 1.807) is 0 Å². The van der Waals surface area contributed by atoms with Gasteiger partial charge in [0.25, 0.3) is 0 Å². The summed E-state index contributed by atoms with van der Waals surface area (Å²) in [6.45, 7) is 0. The minimum Gasteiger partial charge on any atom is -0.374 e. The molecule has 2 rings (SSSR count). The lowest BCUT2D eigenvalue weighted by Gasteiger charge is -2.08. The molecule has 1 aromatic rings. The van der Waals surface area contributed by atoms with Crippen molar-refractivity contribution >= 4 is 20.2 Å². The average Bonchev–Trinajstić information content (AvgIpc) is 2.36. The van der Waals surface area contributed by atoms with Crippen molar-refractivity contribution in [1.82, 2.24) is 0 Å².